The summed E-state index contributed by atoms with van der Waals surface area (Å²) in [6, 6.07) is 12.1. The first-order valence-electron chi connectivity index (χ1n) is 7.13. The molecular weight excluding hydrogens is 310 g/mol. The van der Waals surface area contributed by atoms with Gasteiger partial charge in [0.1, 0.15) is 0 Å². The summed E-state index contributed by atoms with van der Waals surface area (Å²) < 4.78 is 0. The van der Waals surface area contributed by atoms with Crippen LogP contribution in [0.3, 0.4) is 0 Å². The van der Waals surface area contributed by atoms with Crippen molar-refractivity contribution in [3.8, 4) is 0 Å². The third-order valence-corrected chi connectivity index (χ3v) is 3.65. The smallest absolute Gasteiger partial charge is 0.269 e. The molecule has 1 heterocycles. The Morgan fingerprint density at radius 1 is 1.12 bits per heavy atom. The topological polar surface area (TPSA) is 105 Å². The van der Waals surface area contributed by atoms with Gasteiger partial charge in [0.05, 0.1) is 10.4 Å². The highest BCUT2D eigenvalue weighted by atomic mass is 16.6. The summed E-state index contributed by atoms with van der Waals surface area (Å²) in [6.07, 6.45) is 0. The number of aryl methyl sites for hydroxylation is 1. The third kappa shape index (κ3) is 3.00. The molecule has 0 atom stereocenters. The van der Waals surface area contributed by atoms with Gasteiger partial charge >= 0.3 is 0 Å². The monoisotopic (exact) mass is 323 g/mol. The maximum Gasteiger partial charge on any atom is 0.269 e. The molecule has 0 saturated carbocycles. The van der Waals surface area contributed by atoms with Gasteiger partial charge < -0.3 is 10.3 Å². The van der Waals surface area contributed by atoms with Gasteiger partial charge in [0.2, 0.25) is 5.56 Å². The Balaban J connectivity index is 1.87. The fraction of sp³-hybridized carbons (Fsp3) is 0.0588. The van der Waals surface area contributed by atoms with Crippen LogP contribution >= 0.6 is 0 Å². The molecule has 0 fully saturated rings. The van der Waals surface area contributed by atoms with E-state index in [1.54, 1.807) is 12.1 Å². The van der Waals surface area contributed by atoms with Gasteiger partial charge in [-0.2, -0.15) is 0 Å². The number of anilines is 1. The van der Waals surface area contributed by atoms with E-state index < -0.39 is 4.92 Å². The van der Waals surface area contributed by atoms with Crippen LogP contribution in [0, 0.1) is 17.0 Å². The predicted molar refractivity (Wildman–Crippen MR) is 90.4 cm³/mol. The molecule has 0 aliphatic heterocycles. The molecule has 2 N–H and O–H groups in total. The van der Waals surface area contributed by atoms with Crippen molar-refractivity contribution < 1.29 is 9.72 Å². The van der Waals surface area contributed by atoms with Crippen molar-refractivity contribution in [3.63, 3.8) is 0 Å². The summed E-state index contributed by atoms with van der Waals surface area (Å²) >= 11 is 0. The fourth-order valence-electron chi connectivity index (χ4n) is 2.45. The highest BCUT2D eigenvalue weighted by Crippen LogP contribution is 2.20. The summed E-state index contributed by atoms with van der Waals surface area (Å²) in [7, 11) is 0. The number of fused-ring (bicyclic) bond motifs is 1. The zero-order valence-corrected chi connectivity index (χ0v) is 12.7. The van der Waals surface area contributed by atoms with Gasteiger partial charge in [-0.05, 0) is 36.8 Å². The van der Waals surface area contributed by atoms with Gasteiger partial charge in [-0.1, -0.05) is 6.07 Å². The maximum absolute atomic E-state index is 12.2. The van der Waals surface area contributed by atoms with Gasteiger partial charge in [-0.3, -0.25) is 19.7 Å². The van der Waals surface area contributed by atoms with Gasteiger partial charge in [0, 0.05) is 34.8 Å². The minimum atomic E-state index is -0.524. The number of aromatic amines is 1. The van der Waals surface area contributed by atoms with Gasteiger partial charge in [0.15, 0.2) is 0 Å². The number of non-ortho nitro benzene ring substituents is 1. The number of nitrogens with zero attached hydrogens (tertiary/aromatic N) is 1. The summed E-state index contributed by atoms with van der Waals surface area (Å²) in [5, 5.41) is 14.2. The number of hydrogen-bond donors (Lipinski definition) is 2. The quantitative estimate of drug-likeness (QED) is 0.571. The third-order valence-electron chi connectivity index (χ3n) is 3.65. The highest BCUT2D eigenvalue weighted by molar-refractivity contribution is 6.05. The van der Waals surface area contributed by atoms with Crippen LogP contribution in [-0.2, 0) is 0 Å². The van der Waals surface area contributed by atoms with Crippen LogP contribution in [0.15, 0.2) is 53.3 Å². The molecule has 0 spiro atoms. The Morgan fingerprint density at radius 2 is 1.83 bits per heavy atom. The summed E-state index contributed by atoms with van der Waals surface area (Å²) in [5.74, 6) is -0.390. The van der Waals surface area contributed by atoms with E-state index in [1.807, 2.05) is 13.0 Å². The Labute approximate surface area is 136 Å². The molecule has 1 amide bonds. The Morgan fingerprint density at radius 3 is 2.50 bits per heavy atom. The maximum atomic E-state index is 12.2. The minimum absolute atomic E-state index is 0.0784. The molecule has 0 radical (unpaired) electrons. The molecule has 3 aromatic rings. The number of carbonyl (C=O) groups excluding carboxylic acids is 1. The largest absolute Gasteiger partial charge is 0.322 e. The number of rotatable bonds is 3. The molecule has 7 heteroatoms. The average Bonchev–Trinajstić information content (AvgIpc) is 2.54. The van der Waals surface area contributed by atoms with Gasteiger partial charge in [0.25, 0.3) is 11.6 Å². The number of nitrogens with one attached hydrogen (secondary N) is 2. The fourth-order valence-corrected chi connectivity index (χ4v) is 2.45. The van der Waals surface area contributed by atoms with Crippen LogP contribution in [0.5, 0.6) is 0 Å². The molecule has 0 saturated heterocycles. The van der Waals surface area contributed by atoms with Crippen molar-refractivity contribution >= 4 is 28.2 Å². The molecule has 0 unspecified atom stereocenters. The normalized spacial score (nSPS) is 10.5. The number of amides is 1. The van der Waals surface area contributed by atoms with Crippen molar-refractivity contribution in [3.05, 3.63) is 80.1 Å². The van der Waals surface area contributed by atoms with Crippen molar-refractivity contribution in [2.24, 2.45) is 0 Å². The lowest BCUT2D eigenvalue weighted by Crippen LogP contribution is -2.12. The summed E-state index contributed by atoms with van der Waals surface area (Å²) in [4.78, 5) is 36.6. The summed E-state index contributed by atoms with van der Waals surface area (Å²) in [5.41, 5.74) is 2.01. The van der Waals surface area contributed by atoms with E-state index in [0.29, 0.717) is 16.8 Å². The molecule has 0 bridgehead atoms. The molecule has 0 aliphatic carbocycles. The van der Waals surface area contributed by atoms with E-state index in [2.05, 4.69) is 10.3 Å². The number of pyridine rings is 1. The molecule has 120 valence electrons. The van der Waals surface area contributed by atoms with Crippen LogP contribution in [0.1, 0.15) is 15.9 Å². The van der Waals surface area contributed by atoms with Crippen molar-refractivity contribution in [2.45, 2.75) is 6.92 Å². The van der Waals surface area contributed by atoms with Crippen molar-refractivity contribution in [2.75, 3.05) is 5.32 Å². The van der Waals surface area contributed by atoms with Crippen molar-refractivity contribution in [1.82, 2.24) is 4.98 Å². The van der Waals surface area contributed by atoms with Crippen LogP contribution < -0.4 is 10.9 Å². The first-order chi connectivity index (χ1) is 11.4. The number of nitro benzene ring substituents is 1. The van der Waals surface area contributed by atoms with Crippen LogP contribution in [-0.4, -0.2) is 15.8 Å². The predicted octanol–water partition coefficient (Wildman–Crippen LogP) is 3.00. The average molecular weight is 323 g/mol. The van der Waals surface area contributed by atoms with Gasteiger partial charge in [-0.15, -0.1) is 0 Å². The number of benzene rings is 2. The minimum Gasteiger partial charge on any atom is -0.322 e. The molecule has 0 aliphatic rings. The number of hydrogen-bond acceptors (Lipinski definition) is 4. The van der Waals surface area contributed by atoms with E-state index in [-0.39, 0.29) is 17.2 Å². The van der Waals surface area contributed by atoms with Crippen LogP contribution in [0.2, 0.25) is 0 Å². The second-order valence-corrected chi connectivity index (χ2v) is 5.34. The second-order valence-electron chi connectivity index (χ2n) is 5.34. The number of aromatic nitrogens is 1. The molecule has 24 heavy (non-hydrogen) atoms. The standard InChI is InChI=1S/C17H13N3O4/c1-10-8-16(21)19-15-9-12(4-7-14(10)15)18-17(22)11-2-5-13(6-3-11)20(23)24/h2-9H,1H3,(H,18,22)(H,19,21). The highest BCUT2D eigenvalue weighted by Gasteiger charge is 2.10. The van der Waals surface area contributed by atoms with E-state index in [4.69, 9.17) is 0 Å². The lowest BCUT2D eigenvalue weighted by atomic mass is 10.1. The second kappa shape index (κ2) is 5.96. The molecule has 7 nitrogen and oxygen atoms in total. The zero-order chi connectivity index (χ0) is 17.3. The lowest BCUT2D eigenvalue weighted by molar-refractivity contribution is -0.384. The van der Waals surface area contributed by atoms with E-state index in [0.717, 1.165) is 10.9 Å². The van der Waals surface area contributed by atoms with Gasteiger partial charge in [-0.25, -0.2) is 0 Å². The molecule has 3 rings (SSSR count). The van der Waals surface area contributed by atoms with E-state index in [1.165, 1.54) is 30.3 Å². The van der Waals surface area contributed by atoms with Crippen LogP contribution in [0.25, 0.3) is 10.9 Å². The molecular formula is C17H13N3O4. The van der Waals surface area contributed by atoms with E-state index >= 15 is 0 Å². The van der Waals surface area contributed by atoms with Crippen molar-refractivity contribution in [1.29, 1.82) is 0 Å². The first kappa shape index (κ1) is 15.4. The number of H-pyrrole nitrogens is 1. The number of carbonyl (C=O) groups is 1. The first-order valence-corrected chi connectivity index (χ1v) is 7.13. The SMILES string of the molecule is Cc1cc(=O)[nH]c2cc(NC(=O)c3ccc([N+](=O)[O-])cc3)ccc12. The lowest BCUT2D eigenvalue weighted by Gasteiger charge is -2.07. The Kier molecular flexibility index (Phi) is 3.83. The number of nitro groups is 1. The summed E-state index contributed by atoms with van der Waals surface area (Å²) in [6.45, 7) is 1.84. The van der Waals surface area contributed by atoms with E-state index in [9.17, 15) is 19.7 Å². The Hall–Kier alpha value is -3.48. The molecule has 2 aromatic carbocycles. The van der Waals surface area contributed by atoms with Crippen LogP contribution in [0.4, 0.5) is 11.4 Å². The molecule has 1 aromatic heterocycles. The Bertz CT molecular complexity index is 1010. The zero-order valence-electron chi connectivity index (χ0n) is 12.7.